The zero-order chi connectivity index (χ0) is 10.8. The molecular formula is C8H7ClFNO2S. The van der Waals surface area contributed by atoms with Crippen LogP contribution < -0.4 is 5.73 Å². The van der Waals surface area contributed by atoms with Gasteiger partial charge in [-0.3, -0.25) is 0 Å². The minimum atomic E-state index is -3.79. The van der Waals surface area contributed by atoms with Gasteiger partial charge in [-0.15, -0.1) is 0 Å². The van der Waals surface area contributed by atoms with Gasteiger partial charge in [0.1, 0.15) is 5.82 Å². The van der Waals surface area contributed by atoms with Gasteiger partial charge in [0.15, 0.2) is 0 Å². The van der Waals surface area contributed by atoms with E-state index in [2.05, 4.69) is 0 Å². The summed E-state index contributed by atoms with van der Waals surface area (Å²) < 4.78 is 33.7. The van der Waals surface area contributed by atoms with E-state index in [-0.39, 0.29) is 5.70 Å². The molecule has 76 valence electrons. The molecule has 0 unspecified atom stereocenters. The summed E-state index contributed by atoms with van der Waals surface area (Å²) in [4.78, 5) is 0. The second-order valence-corrected chi connectivity index (χ2v) is 5.03. The van der Waals surface area contributed by atoms with E-state index in [0.717, 1.165) is 0 Å². The molecule has 0 aliphatic carbocycles. The Kier molecular flexibility index (Phi) is 3.13. The highest BCUT2D eigenvalue weighted by Gasteiger charge is 2.03. The molecule has 0 fully saturated rings. The van der Waals surface area contributed by atoms with E-state index in [1.54, 1.807) is 0 Å². The fourth-order valence-corrected chi connectivity index (χ4v) is 1.59. The van der Waals surface area contributed by atoms with E-state index in [9.17, 15) is 12.8 Å². The molecule has 1 aromatic rings. The first kappa shape index (κ1) is 11.0. The molecule has 0 heterocycles. The van der Waals surface area contributed by atoms with E-state index < -0.39 is 14.9 Å². The Bertz CT molecular complexity index is 453. The Labute approximate surface area is 85.4 Å². The predicted molar refractivity (Wildman–Crippen MR) is 53.3 cm³/mol. The number of rotatable bonds is 2. The van der Waals surface area contributed by atoms with Gasteiger partial charge in [-0.05, 0) is 29.8 Å². The van der Waals surface area contributed by atoms with Gasteiger partial charge in [0.2, 0.25) is 0 Å². The van der Waals surface area contributed by atoms with Crippen LogP contribution in [-0.4, -0.2) is 8.42 Å². The third-order valence-electron chi connectivity index (χ3n) is 1.45. The van der Waals surface area contributed by atoms with Gasteiger partial charge in [-0.25, -0.2) is 12.8 Å². The van der Waals surface area contributed by atoms with Crippen LogP contribution in [0.5, 0.6) is 0 Å². The van der Waals surface area contributed by atoms with Crippen LogP contribution in [0.15, 0.2) is 29.7 Å². The molecule has 14 heavy (non-hydrogen) atoms. The Balaban J connectivity index is 3.07. The minimum Gasteiger partial charge on any atom is -0.398 e. The highest BCUT2D eigenvalue weighted by molar-refractivity contribution is 8.16. The normalized spacial score (nSPS) is 12.9. The first-order chi connectivity index (χ1) is 6.38. The molecule has 2 N–H and O–H groups in total. The van der Waals surface area contributed by atoms with E-state index in [1.165, 1.54) is 24.3 Å². The van der Waals surface area contributed by atoms with Crippen molar-refractivity contribution in [3.05, 3.63) is 41.1 Å². The maximum atomic E-state index is 12.5. The van der Waals surface area contributed by atoms with Crippen molar-refractivity contribution >= 4 is 25.4 Å². The quantitative estimate of drug-likeness (QED) is 0.793. The summed E-state index contributed by atoms with van der Waals surface area (Å²) in [6, 6.07) is 5.08. The second-order valence-electron chi connectivity index (χ2n) is 2.56. The van der Waals surface area contributed by atoms with Crippen LogP contribution in [0, 0.1) is 5.82 Å². The first-order valence-corrected chi connectivity index (χ1v) is 5.93. The third kappa shape index (κ3) is 3.35. The Morgan fingerprint density at radius 2 is 1.86 bits per heavy atom. The lowest BCUT2D eigenvalue weighted by atomic mass is 10.2. The van der Waals surface area contributed by atoms with Crippen LogP contribution in [0.2, 0.25) is 0 Å². The fraction of sp³-hybridized carbons (Fsp3) is 0. The lowest BCUT2D eigenvalue weighted by molar-refractivity contribution is 0.617. The van der Waals surface area contributed by atoms with Gasteiger partial charge >= 0.3 is 0 Å². The van der Waals surface area contributed by atoms with Crippen LogP contribution in [0.3, 0.4) is 0 Å². The highest BCUT2D eigenvalue weighted by Crippen LogP contribution is 2.12. The van der Waals surface area contributed by atoms with Gasteiger partial charge in [-0.2, -0.15) is 0 Å². The zero-order valence-electron chi connectivity index (χ0n) is 6.94. The van der Waals surface area contributed by atoms with E-state index in [1.807, 2.05) is 0 Å². The summed E-state index contributed by atoms with van der Waals surface area (Å²) in [7, 11) is 1.16. The van der Waals surface area contributed by atoms with Crippen molar-refractivity contribution in [3.63, 3.8) is 0 Å². The standard InChI is InChI=1S/C8H7ClFNO2S/c9-14(12,13)5-8(11)6-1-3-7(10)4-2-6/h1-5H,11H2/b8-5+. The molecule has 0 bridgehead atoms. The molecule has 3 nitrogen and oxygen atoms in total. The number of hydrogen-bond donors (Lipinski definition) is 1. The Morgan fingerprint density at radius 3 is 2.29 bits per heavy atom. The summed E-state index contributed by atoms with van der Waals surface area (Å²) >= 11 is 0. The number of benzene rings is 1. The highest BCUT2D eigenvalue weighted by atomic mass is 35.7. The van der Waals surface area contributed by atoms with Crippen LogP contribution in [0.25, 0.3) is 5.70 Å². The van der Waals surface area contributed by atoms with E-state index >= 15 is 0 Å². The summed E-state index contributed by atoms with van der Waals surface area (Å²) in [5.74, 6) is -0.421. The van der Waals surface area contributed by atoms with Gasteiger partial charge in [0.05, 0.1) is 11.1 Å². The zero-order valence-corrected chi connectivity index (χ0v) is 8.52. The molecule has 0 aromatic heterocycles. The molecular weight excluding hydrogens is 229 g/mol. The third-order valence-corrected chi connectivity index (χ3v) is 2.25. The Morgan fingerprint density at radius 1 is 1.36 bits per heavy atom. The van der Waals surface area contributed by atoms with Crippen molar-refractivity contribution in [2.24, 2.45) is 5.73 Å². The molecule has 6 heteroatoms. The van der Waals surface area contributed by atoms with Crippen LogP contribution in [0.4, 0.5) is 4.39 Å². The lowest BCUT2D eigenvalue weighted by Gasteiger charge is -1.99. The monoisotopic (exact) mass is 235 g/mol. The smallest absolute Gasteiger partial charge is 0.256 e. The molecule has 1 rings (SSSR count). The van der Waals surface area contributed by atoms with Gasteiger partial charge in [-0.1, -0.05) is 0 Å². The Hall–Kier alpha value is -1.07. The van der Waals surface area contributed by atoms with Gasteiger partial charge < -0.3 is 5.73 Å². The number of halogens is 2. The van der Waals surface area contributed by atoms with Crippen LogP contribution in [-0.2, 0) is 9.05 Å². The molecule has 0 radical (unpaired) electrons. The summed E-state index contributed by atoms with van der Waals surface area (Å²) in [6.45, 7) is 0. The molecule has 0 atom stereocenters. The van der Waals surface area contributed by atoms with Crippen molar-refractivity contribution in [1.82, 2.24) is 0 Å². The lowest BCUT2D eigenvalue weighted by Crippen LogP contribution is -1.98. The first-order valence-electron chi connectivity index (χ1n) is 3.56. The van der Waals surface area contributed by atoms with E-state index in [4.69, 9.17) is 16.4 Å². The molecule has 1 aromatic carbocycles. The van der Waals surface area contributed by atoms with Crippen molar-refractivity contribution < 1.29 is 12.8 Å². The molecule has 0 aliphatic rings. The second kappa shape index (κ2) is 3.98. The maximum Gasteiger partial charge on any atom is 0.256 e. The molecule has 0 spiro atoms. The van der Waals surface area contributed by atoms with Crippen molar-refractivity contribution in [1.29, 1.82) is 0 Å². The fourth-order valence-electron chi connectivity index (χ4n) is 0.862. The number of nitrogens with two attached hydrogens (primary N) is 1. The predicted octanol–water partition coefficient (Wildman–Crippen LogP) is 1.65. The summed E-state index contributed by atoms with van der Waals surface area (Å²) in [5.41, 5.74) is 5.78. The van der Waals surface area contributed by atoms with E-state index in [0.29, 0.717) is 11.0 Å². The maximum absolute atomic E-state index is 12.5. The molecule has 0 saturated heterocycles. The van der Waals surface area contributed by atoms with Crippen molar-refractivity contribution in [2.45, 2.75) is 0 Å². The molecule has 0 amide bonds. The SMILES string of the molecule is N/C(=C/S(=O)(=O)Cl)c1ccc(F)cc1. The van der Waals surface area contributed by atoms with Crippen molar-refractivity contribution in [3.8, 4) is 0 Å². The van der Waals surface area contributed by atoms with Crippen LogP contribution >= 0.6 is 10.7 Å². The van der Waals surface area contributed by atoms with Gasteiger partial charge in [0, 0.05) is 10.7 Å². The molecule has 0 saturated carbocycles. The van der Waals surface area contributed by atoms with Crippen molar-refractivity contribution in [2.75, 3.05) is 0 Å². The topological polar surface area (TPSA) is 60.2 Å². The summed E-state index contributed by atoms with van der Waals surface area (Å²) in [6.07, 6.45) is 0. The van der Waals surface area contributed by atoms with Crippen LogP contribution in [0.1, 0.15) is 5.56 Å². The average Bonchev–Trinajstić information content (AvgIpc) is 2.02. The van der Waals surface area contributed by atoms with Gasteiger partial charge in [0.25, 0.3) is 9.05 Å². The average molecular weight is 236 g/mol. The minimum absolute atomic E-state index is 0.0278. The largest absolute Gasteiger partial charge is 0.398 e. The number of hydrogen-bond acceptors (Lipinski definition) is 3. The summed E-state index contributed by atoms with van der Waals surface area (Å²) in [5, 5.41) is 0.710. The molecule has 0 aliphatic heterocycles.